The van der Waals surface area contributed by atoms with Crippen LogP contribution in [0.25, 0.3) is 0 Å². The Balaban J connectivity index is 2.05. The van der Waals surface area contributed by atoms with Crippen LogP contribution in [0.15, 0.2) is 23.8 Å². The first kappa shape index (κ1) is 46.3. The van der Waals surface area contributed by atoms with E-state index < -0.39 is 120 Å². The van der Waals surface area contributed by atoms with Gasteiger partial charge in [0, 0.05) is 39.0 Å². The van der Waals surface area contributed by atoms with Crippen LogP contribution >= 0.6 is 0 Å². The molecular formula is C41H58O17. The van der Waals surface area contributed by atoms with Crippen LogP contribution in [-0.4, -0.2) is 120 Å². The summed E-state index contributed by atoms with van der Waals surface area (Å²) in [6.07, 6.45) is -6.39. The summed E-state index contributed by atoms with van der Waals surface area (Å²) in [6.45, 7) is 14.1. The summed E-state index contributed by atoms with van der Waals surface area (Å²) < 4.78 is 46.4. The van der Waals surface area contributed by atoms with Gasteiger partial charge in [0.2, 0.25) is 0 Å². The molecule has 0 unspecified atom stereocenters. The van der Waals surface area contributed by atoms with Gasteiger partial charge in [-0.2, -0.15) is 0 Å². The fraction of sp³-hybridized carbons (Fsp3) is 0.732. The third-order valence-electron chi connectivity index (χ3n) is 11.0. The molecule has 4 rings (SSSR count). The molecule has 0 bridgehead atoms. The van der Waals surface area contributed by atoms with Gasteiger partial charge in [-0.25, -0.2) is 4.79 Å². The normalized spacial score (nSPS) is 35.4. The van der Waals surface area contributed by atoms with Gasteiger partial charge < -0.3 is 48.1 Å². The molecule has 58 heavy (non-hydrogen) atoms. The van der Waals surface area contributed by atoms with E-state index in [-0.39, 0.29) is 49.2 Å². The highest BCUT2D eigenvalue weighted by atomic mass is 16.6. The number of ether oxygens (including phenoxy) is 8. The van der Waals surface area contributed by atoms with Crippen LogP contribution in [0.4, 0.5) is 0 Å². The third-order valence-corrected chi connectivity index (χ3v) is 11.0. The zero-order chi connectivity index (χ0) is 43.5. The van der Waals surface area contributed by atoms with Gasteiger partial charge in [0.05, 0.1) is 17.9 Å². The van der Waals surface area contributed by atoms with E-state index in [9.17, 15) is 43.8 Å². The molecule has 17 heteroatoms. The molecule has 0 aromatic heterocycles. The van der Waals surface area contributed by atoms with Gasteiger partial charge in [-0.1, -0.05) is 54.5 Å². The van der Waals surface area contributed by atoms with Crippen molar-refractivity contribution in [3.8, 4) is 0 Å². The summed E-state index contributed by atoms with van der Waals surface area (Å²) in [5.74, 6) is -9.24. The SMILES string of the molecule is CC(=O)O[C@H]1[C@@H](O)[C@]2(CO2)[C@@H]2[C@H](OC(C)=O)[C@@]3(O)[C@H](/C=C(COC(=O)CC(C)C)\C=C/[C@@H](OC(=O)COC(=O)CC(C)C)[C@@]2(C)[C@H]1OC(=O)CC(C)C)OC(=O)[C@@H]3C. The molecular weight excluding hydrogens is 764 g/mol. The first-order chi connectivity index (χ1) is 27.0. The lowest BCUT2D eigenvalue weighted by Gasteiger charge is -2.58. The number of aliphatic hydroxyl groups is 2. The molecule has 1 saturated carbocycles. The van der Waals surface area contributed by atoms with Crippen LogP contribution in [0.5, 0.6) is 0 Å². The molecule has 1 spiro atoms. The maximum atomic E-state index is 13.8. The van der Waals surface area contributed by atoms with E-state index in [4.69, 9.17) is 37.9 Å². The Hall–Kier alpha value is -4.35. The lowest BCUT2D eigenvalue weighted by atomic mass is 9.51. The van der Waals surface area contributed by atoms with Crippen LogP contribution in [0.3, 0.4) is 0 Å². The molecule has 324 valence electrons. The minimum absolute atomic E-state index is 0.00142. The van der Waals surface area contributed by atoms with E-state index >= 15 is 0 Å². The molecule has 2 aliphatic carbocycles. The Morgan fingerprint density at radius 1 is 0.810 bits per heavy atom. The Kier molecular flexibility index (Phi) is 14.6. The van der Waals surface area contributed by atoms with Crippen LogP contribution < -0.4 is 0 Å². The number of epoxide rings is 1. The Morgan fingerprint density at radius 3 is 1.90 bits per heavy atom. The standard InChI is InChI=1S/C41H58O17/c1-20(2)13-29(44)51-17-26-11-12-27(56-32(47)18-52-30(45)14-21(3)4)39(10)34(37(55-25(9)43)41(50)23(7)38(49)57-28(41)16-26)40(19-53-40)35(48)33(54-24(8)42)36(39)58-31(46)15-22(5)6/h11-12,16,20-23,27-28,33-37,48,50H,13-15,17-19H2,1-10H3/b12-11-,26-16+/t23-,27+,28-,33-,34+,35+,36-,37-,39+,40-,41-/m0/s1. The molecule has 0 radical (unpaired) electrons. The largest absolute Gasteiger partial charge is 0.461 e. The van der Waals surface area contributed by atoms with Crippen molar-refractivity contribution in [2.75, 3.05) is 19.8 Å². The Morgan fingerprint density at radius 2 is 1.36 bits per heavy atom. The minimum atomic E-state index is -2.48. The summed E-state index contributed by atoms with van der Waals surface area (Å²) in [6, 6.07) is 0. The van der Waals surface area contributed by atoms with Gasteiger partial charge in [-0.15, -0.1) is 0 Å². The molecule has 4 aliphatic rings. The number of carbonyl (C=O) groups is 7. The fourth-order valence-corrected chi connectivity index (χ4v) is 8.21. The van der Waals surface area contributed by atoms with Crippen molar-refractivity contribution in [1.82, 2.24) is 0 Å². The summed E-state index contributed by atoms with van der Waals surface area (Å²) in [7, 11) is 0. The van der Waals surface area contributed by atoms with Crippen molar-refractivity contribution < 1.29 is 81.7 Å². The van der Waals surface area contributed by atoms with Crippen molar-refractivity contribution in [3.05, 3.63) is 23.8 Å². The number of esters is 7. The second-order valence-electron chi connectivity index (χ2n) is 17.1. The molecule has 2 heterocycles. The highest BCUT2D eigenvalue weighted by Crippen LogP contribution is 2.62. The first-order valence-corrected chi connectivity index (χ1v) is 19.7. The number of hydrogen-bond donors (Lipinski definition) is 2. The Labute approximate surface area is 338 Å². The molecule has 3 fully saturated rings. The van der Waals surface area contributed by atoms with Crippen LogP contribution in [0.1, 0.15) is 88.5 Å². The summed E-state index contributed by atoms with van der Waals surface area (Å²) in [5, 5.41) is 25.1. The monoisotopic (exact) mass is 822 g/mol. The third kappa shape index (κ3) is 9.91. The van der Waals surface area contributed by atoms with Crippen molar-refractivity contribution in [2.24, 2.45) is 35.0 Å². The van der Waals surface area contributed by atoms with E-state index in [1.54, 1.807) is 27.7 Å². The molecule has 2 aliphatic heterocycles. The number of carbonyl (C=O) groups excluding carboxylic acids is 7. The summed E-state index contributed by atoms with van der Waals surface area (Å²) in [4.78, 5) is 92.0. The molecule has 0 aromatic carbocycles. The average Bonchev–Trinajstić information content (AvgIpc) is 3.86. The zero-order valence-corrected chi connectivity index (χ0v) is 34.8. The summed E-state index contributed by atoms with van der Waals surface area (Å²) in [5.41, 5.74) is -6.22. The lowest BCUT2D eigenvalue weighted by molar-refractivity contribution is -0.277. The highest BCUT2D eigenvalue weighted by Gasteiger charge is 2.80. The minimum Gasteiger partial charge on any atom is -0.461 e. The predicted octanol–water partition coefficient (Wildman–Crippen LogP) is 2.45. The number of fused-ring (bicyclic) bond motifs is 3. The number of rotatable bonds is 14. The molecule has 2 saturated heterocycles. The van der Waals surface area contributed by atoms with E-state index in [0.717, 1.165) is 13.8 Å². The van der Waals surface area contributed by atoms with Crippen LogP contribution in [0, 0.1) is 35.0 Å². The van der Waals surface area contributed by atoms with Gasteiger partial charge in [-0.3, -0.25) is 28.8 Å². The van der Waals surface area contributed by atoms with E-state index in [1.807, 2.05) is 13.8 Å². The van der Waals surface area contributed by atoms with Gasteiger partial charge in [0.1, 0.15) is 30.5 Å². The number of hydrogen-bond acceptors (Lipinski definition) is 17. The molecule has 11 atom stereocenters. The molecule has 2 N–H and O–H groups in total. The first-order valence-electron chi connectivity index (χ1n) is 19.7. The van der Waals surface area contributed by atoms with E-state index in [1.165, 1.54) is 32.1 Å². The molecule has 0 aromatic rings. The predicted molar refractivity (Wildman–Crippen MR) is 199 cm³/mol. The second-order valence-corrected chi connectivity index (χ2v) is 17.1. The fourth-order valence-electron chi connectivity index (χ4n) is 8.21. The maximum Gasteiger partial charge on any atom is 0.344 e. The smallest absolute Gasteiger partial charge is 0.344 e. The van der Waals surface area contributed by atoms with Crippen molar-refractivity contribution >= 4 is 41.8 Å². The lowest BCUT2D eigenvalue weighted by Crippen LogP contribution is -2.75. The van der Waals surface area contributed by atoms with Gasteiger partial charge in [0.15, 0.2) is 30.5 Å². The Bertz CT molecular complexity index is 1660. The average molecular weight is 823 g/mol. The molecule has 17 nitrogen and oxygen atoms in total. The van der Waals surface area contributed by atoms with Crippen LogP contribution in [0.2, 0.25) is 0 Å². The second kappa shape index (κ2) is 18.3. The van der Waals surface area contributed by atoms with E-state index in [0.29, 0.717) is 0 Å². The van der Waals surface area contributed by atoms with Gasteiger partial charge >= 0.3 is 41.8 Å². The van der Waals surface area contributed by atoms with Crippen molar-refractivity contribution in [2.45, 2.75) is 136 Å². The van der Waals surface area contributed by atoms with Gasteiger partial charge in [-0.05, 0) is 42.4 Å². The van der Waals surface area contributed by atoms with Crippen molar-refractivity contribution in [1.29, 1.82) is 0 Å². The number of aliphatic hydroxyl groups excluding tert-OH is 1. The zero-order valence-electron chi connectivity index (χ0n) is 34.8. The quantitative estimate of drug-likeness (QED) is 0.145. The maximum absolute atomic E-state index is 13.8. The topological polar surface area (TPSA) is 237 Å². The van der Waals surface area contributed by atoms with Crippen molar-refractivity contribution in [3.63, 3.8) is 0 Å². The highest BCUT2D eigenvalue weighted by molar-refractivity contribution is 5.78. The summed E-state index contributed by atoms with van der Waals surface area (Å²) >= 11 is 0. The van der Waals surface area contributed by atoms with E-state index in [2.05, 4.69) is 0 Å². The van der Waals surface area contributed by atoms with Crippen LogP contribution in [-0.2, 0) is 71.5 Å². The molecule has 0 amide bonds. The van der Waals surface area contributed by atoms with Gasteiger partial charge in [0.25, 0.3) is 0 Å².